The highest BCUT2D eigenvalue weighted by Gasteiger charge is 2.45. The molecule has 0 amide bonds. The molecule has 0 saturated heterocycles. The van der Waals surface area contributed by atoms with Gasteiger partial charge in [-0.3, -0.25) is 0 Å². The number of aromatic hydroxyl groups is 1. The molecule has 136 valence electrons. The Bertz CT molecular complexity index is 1030. The highest BCUT2D eigenvalue weighted by atomic mass is 16.5. The summed E-state index contributed by atoms with van der Waals surface area (Å²) in [6.07, 6.45) is 3.74. The molecule has 2 aromatic carbocycles. The number of phenolic OH excluding ortho intramolecular Hbond substituents is 1. The van der Waals surface area contributed by atoms with Crippen LogP contribution in [0.1, 0.15) is 64.3 Å². The number of benzene rings is 2. The normalized spacial score (nSPS) is 31.5. The zero-order valence-electron chi connectivity index (χ0n) is 21.0. The lowest BCUT2D eigenvalue weighted by atomic mass is 9.68. The van der Waals surface area contributed by atoms with E-state index in [1.807, 2.05) is 30.3 Å². The van der Waals surface area contributed by atoms with Crippen LogP contribution in [0.25, 0.3) is 0 Å². The van der Waals surface area contributed by atoms with Gasteiger partial charge >= 0.3 is 0 Å². The number of phenols is 1. The highest BCUT2D eigenvalue weighted by Crippen LogP contribution is 2.53. The Labute approximate surface area is 165 Å². The molecule has 3 atom stereocenters. The van der Waals surface area contributed by atoms with Crippen LogP contribution >= 0.6 is 0 Å². The number of aryl methyl sites for hydroxylation is 2. The van der Waals surface area contributed by atoms with Gasteiger partial charge < -0.3 is 9.84 Å². The summed E-state index contributed by atoms with van der Waals surface area (Å²) in [4.78, 5) is 0. The van der Waals surface area contributed by atoms with Crippen LogP contribution in [0.3, 0.4) is 0 Å². The summed E-state index contributed by atoms with van der Waals surface area (Å²) in [5, 5.41) is 10.9. The molecule has 0 fully saturated rings. The summed E-state index contributed by atoms with van der Waals surface area (Å²) in [6.45, 7) is -3.07. The number of ether oxygens (including phenoxy) is 1. The fourth-order valence-corrected chi connectivity index (χ4v) is 4.28. The van der Waals surface area contributed by atoms with Gasteiger partial charge in [0, 0.05) is 25.6 Å². The van der Waals surface area contributed by atoms with Crippen LogP contribution in [0.2, 0.25) is 0 Å². The van der Waals surface area contributed by atoms with Crippen molar-refractivity contribution < 1.29 is 18.1 Å². The average Bonchev–Trinajstić information content (AvgIpc) is 2.71. The first-order chi connectivity index (χ1) is 14.9. The lowest BCUT2D eigenvalue weighted by Gasteiger charge is -2.46. The molecule has 0 radical (unpaired) electrons. The van der Waals surface area contributed by atoms with Crippen molar-refractivity contribution in [2.24, 2.45) is 5.92 Å². The Hall–Kier alpha value is -2.22. The molecule has 4 rings (SSSR count). The SMILES string of the molecule is [2H]C([2H])([2H])C1=CC2c3c(O)cc(CCc4ccccc4)cc3OC(C)(C([2H])([2H])[2H])C2CC1. The first-order valence-electron chi connectivity index (χ1n) is 12.2. The summed E-state index contributed by atoms with van der Waals surface area (Å²) in [5.41, 5.74) is 1.32. The van der Waals surface area contributed by atoms with Crippen molar-refractivity contribution >= 4 is 0 Å². The Morgan fingerprint density at radius 3 is 2.77 bits per heavy atom. The second-order valence-corrected chi connectivity index (χ2v) is 7.58. The van der Waals surface area contributed by atoms with Crippen molar-refractivity contribution in [1.82, 2.24) is 0 Å². The van der Waals surface area contributed by atoms with E-state index in [1.165, 1.54) is 0 Å². The maximum absolute atomic E-state index is 10.9. The fraction of sp³-hybridized carbons (Fsp3) is 0.417. The number of hydrogen-bond acceptors (Lipinski definition) is 2. The highest BCUT2D eigenvalue weighted by molar-refractivity contribution is 5.54. The lowest BCUT2D eigenvalue weighted by Crippen LogP contribution is -2.45. The van der Waals surface area contributed by atoms with Gasteiger partial charge in [-0.15, -0.1) is 0 Å². The van der Waals surface area contributed by atoms with Crippen LogP contribution in [0.4, 0.5) is 0 Å². The molecule has 2 aromatic rings. The van der Waals surface area contributed by atoms with Crippen molar-refractivity contribution in [2.45, 2.75) is 57.8 Å². The third-order valence-electron chi connectivity index (χ3n) is 5.63. The predicted octanol–water partition coefficient (Wildman–Crippen LogP) is 5.79. The number of allylic oxidation sites excluding steroid dienone is 2. The Kier molecular flexibility index (Phi) is 2.87. The van der Waals surface area contributed by atoms with Crippen molar-refractivity contribution in [1.29, 1.82) is 0 Å². The van der Waals surface area contributed by atoms with Crippen LogP contribution in [0.5, 0.6) is 11.5 Å². The lowest BCUT2D eigenvalue weighted by molar-refractivity contribution is 0.0107. The zero-order chi connectivity index (χ0) is 23.3. The summed E-state index contributed by atoms with van der Waals surface area (Å²) >= 11 is 0. The van der Waals surface area contributed by atoms with Crippen molar-refractivity contribution in [3.63, 3.8) is 0 Å². The topological polar surface area (TPSA) is 29.5 Å². The summed E-state index contributed by atoms with van der Waals surface area (Å²) < 4.78 is 54.1. The van der Waals surface area contributed by atoms with Gasteiger partial charge in [-0.25, -0.2) is 0 Å². The average molecular weight is 355 g/mol. The first-order valence-corrected chi connectivity index (χ1v) is 9.20. The van der Waals surface area contributed by atoms with Crippen LogP contribution in [-0.2, 0) is 12.8 Å². The first kappa shape index (κ1) is 11.5. The van der Waals surface area contributed by atoms with Gasteiger partial charge in [0.05, 0.1) is 0 Å². The second kappa shape index (κ2) is 6.50. The zero-order valence-corrected chi connectivity index (χ0v) is 15.0. The molecule has 0 aromatic heterocycles. The third-order valence-corrected chi connectivity index (χ3v) is 5.63. The van der Waals surface area contributed by atoms with Crippen molar-refractivity contribution in [3.05, 3.63) is 70.8 Å². The smallest absolute Gasteiger partial charge is 0.127 e. The van der Waals surface area contributed by atoms with Crippen molar-refractivity contribution in [3.8, 4) is 11.5 Å². The molecule has 2 heteroatoms. The Balaban J connectivity index is 1.77. The van der Waals surface area contributed by atoms with E-state index in [2.05, 4.69) is 0 Å². The largest absolute Gasteiger partial charge is 0.507 e. The molecule has 2 nitrogen and oxygen atoms in total. The van der Waals surface area contributed by atoms with E-state index >= 15 is 0 Å². The quantitative estimate of drug-likeness (QED) is 0.707. The minimum absolute atomic E-state index is 0.0243. The maximum Gasteiger partial charge on any atom is 0.127 e. The molecular formula is C24H28O2. The molecule has 0 bridgehead atoms. The minimum Gasteiger partial charge on any atom is -0.507 e. The van der Waals surface area contributed by atoms with E-state index in [4.69, 9.17) is 13.0 Å². The van der Waals surface area contributed by atoms with Gasteiger partial charge in [0.2, 0.25) is 0 Å². The van der Waals surface area contributed by atoms with E-state index in [0.717, 1.165) is 17.5 Å². The summed E-state index contributed by atoms with van der Waals surface area (Å²) in [7, 11) is 0. The second-order valence-electron chi connectivity index (χ2n) is 7.58. The number of rotatable bonds is 3. The monoisotopic (exact) mass is 354 g/mol. The van der Waals surface area contributed by atoms with E-state index in [1.54, 1.807) is 25.1 Å². The molecular weight excluding hydrogens is 320 g/mol. The number of fused-ring (bicyclic) bond motifs is 3. The van der Waals surface area contributed by atoms with E-state index in [-0.39, 0.29) is 12.2 Å². The van der Waals surface area contributed by atoms with Crippen LogP contribution in [-0.4, -0.2) is 10.7 Å². The summed E-state index contributed by atoms with van der Waals surface area (Å²) in [6, 6.07) is 13.5. The number of hydrogen-bond donors (Lipinski definition) is 1. The minimum atomic E-state index is -2.41. The van der Waals surface area contributed by atoms with Gasteiger partial charge in [0.25, 0.3) is 0 Å². The van der Waals surface area contributed by atoms with Gasteiger partial charge in [-0.2, -0.15) is 0 Å². The predicted molar refractivity (Wildman–Crippen MR) is 106 cm³/mol. The van der Waals surface area contributed by atoms with Gasteiger partial charge in [0.15, 0.2) is 0 Å². The standard InChI is InChI=1S/C24H28O2/c1-16-9-12-20-19(13-16)23-21(25)14-18(15-22(23)26-24(20,2)3)11-10-17-7-5-4-6-8-17/h4-8,13-15,19-20,25H,9-12H2,1-3H3/i1D3,2D3. The fourth-order valence-electron chi connectivity index (χ4n) is 4.28. The molecule has 0 spiro atoms. The molecule has 26 heavy (non-hydrogen) atoms. The van der Waals surface area contributed by atoms with E-state index in [9.17, 15) is 5.11 Å². The Morgan fingerprint density at radius 2 is 2.00 bits per heavy atom. The third kappa shape index (κ3) is 3.13. The molecule has 1 aliphatic carbocycles. The molecule has 2 aliphatic rings. The van der Waals surface area contributed by atoms with Crippen molar-refractivity contribution in [2.75, 3.05) is 0 Å². The Morgan fingerprint density at radius 1 is 1.19 bits per heavy atom. The van der Waals surface area contributed by atoms with E-state index < -0.39 is 31.1 Å². The van der Waals surface area contributed by atoms with Crippen LogP contribution in [0.15, 0.2) is 54.1 Å². The van der Waals surface area contributed by atoms with Crippen LogP contribution in [0, 0.1) is 5.92 Å². The van der Waals surface area contributed by atoms with Gasteiger partial charge in [0.1, 0.15) is 17.1 Å². The summed E-state index contributed by atoms with van der Waals surface area (Å²) in [5.74, 6) is -0.640. The molecule has 0 saturated carbocycles. The molecule has 1 heterocycles. The molecule has 3 unspecified atom stereocenters. The maximum atomic E-state index is 10.9. The van der Waals surface area contributed by atoms with E-state index in [0.29, 0.717) is 29.7 Å². The molecule has 1 N–H and O–H groups in total. The van der Waals surface area contributed by atoms with Gasteiger partial charge in [-0.1, -0.05) is 42.0 Å². The van der Waals surface area contributed by atoms with Gasteiger partial charge in [-0.05, 0) is 69.6 Å². The molecule has 1 aliphatic heterocycles. The van der Waals surface area contributed by atoms with Crippen LogP contribution < -0.4 is 4.74 Å².